The average molecular weight is 356 g/mol. The van der Waals surface area contributed by atoms with Crippen LogP contribution < -0.4 is 10.5 Å². The van der Waals surface area contributed by atoms with Gasteiger partial charge in [0.15, 0.2) is 0 Å². The summed E-state index contributed by atoms with van der Waals surface area (Å²) in [5.74, 6) is 1.15. The number of aromatic nitrogens is 2. The minimum absolute atomic E-state index is 0.137. The van der Waals surface area contributed by atoms with E-state index in [0.717, 1.165) is 17.7 Å². The van der Waals surface area contributed by atoms with Crippen LogP contribution in [-0.2, 0) is 0 Å². The zero-order valence-corrected chi connectivity index (χ0v) is 16.4. The fraction of sp³-hybridized carbons (Fsp3) is 0.450. The van der Waals surface area contributed by atoms with Crippen molar-refractivity contribution in [2.24, 2.45) is 0 Å². The number of rotatable bonds is 6. The second kappa shape index (κ2) is 8.17. The molecule has 0 aliphatic heterocycles. The lowest BCUT2D eigenvalue weighted by atomic mass is 9.97. The summed E-state index contributed by atoms with van der Waals surface area (Å²) in [7, 11) is 3.40. The van der Waals surface area contributed by atoms with Crippen LogP contribution in [0.1, 0.15) is 66.5 Å². The normalized spacial score (nSPS) is 13.2. The van der Waals surface area contributed by atoms with Crippen LogP contribution in [0.2, 0.25) is 0 Å². The van der Waals surface area contributed by atoms with Crippen LogP contribution in [0.15, 0.2) is 24.3 Å². The Morgan fingerprint density at radius 1 is 1.23 bits per heavy atom. The van der Waals surface area contributed by atoms with Crippen molar-refractivity contribution in [3.63, 3.8) is 0 Å². The van der Waals surface area contributed by atoms with Crippen molar-refractivity contribution in [3.8, 4) is 5.75 Å². The molecule has 1 aromatic heterocycles. The summed E-state index contributed by atoms with van der Waals surface area (Å²) in [6.07, 6.45) is 0.571. The van der Waals surface area contributed by atoms with Crippen molar-refractivity contribution in [3.05, 3.63) is 46.8 Å². The zero-order chi connectivity index (χ0) is 19.4. The second-order valence-electron chi connectivity index (χ2n) is 6.73. The Morgan fingerprint density at radius 2 is 1.88 bits per heavy atom. The highest BCUT2D eigenvalue weighted by Crippen LogP contribution is 2.32. The van der Waals surface area contributed by atoms with Crippen LogP contribution in [0.4, 0.5) is 5.95 Å². The number of carbonyl (C=O) groups excluding carboxylic acids is 1. The van der Waals surface area contributed by atoms with Crippen molar-refractivity contribution in [2.75, 3.05) is 19.8 Å². The molecule has 26 heavy (non-hydrogen) atoms. The molecule has 0 saturated carbocycles. The Labute approximate surface area is 155 Å². The van der Waals surface area contributed by atoms with Crippen molar-refractivity contribution >= 4 is 11.9 Å². The molecule has 2 rings (SSSR count). The van der Waals surface area contributed by atoms with E-state index in [1.54, 1.807) is 21.0 Å². The standard InChI is InChI=1S/C20H28N4O2/c1-7-12(2)15-10-8-9-11-16(15)26-14(4)18-17(19(25)24(5)6)13(3)22-20(21)23-18/h8-12,14H,7H2,1-6H3,(H2,21,22,23). The highest BCUT2D eigenvalue weighted by molar-refractivity contribution is 5.96. The maximum absolute atomic E-state index is 12.6. The molecule has 2 N–H and O–H groups in total. The molecule has 0 aliphatic rings. The largest absolute Gasteiger partial charge is 0.484 e. The molecule has 1 heterocycles. The lowest BCUT2D eigenvalue weighted by Crippen LogP contribution is -2.27. The number of nitrogens with two attached hydrogens (primary N) is 1. The van der Waals surface area contributed by atoms with Crippen LogP contribution >= 0.6 is 0 Å². The number of carbonyl (C=O) groups is 1. The van der Waals surface area contributed by atoms with Gasteiger partial charge in [-0.25, -0.2) is 9.97 Å². The number of benzene rings is 1. The van der Waals surface area contributed by atoms with Gasteiger partial charge >= 0.3 is 0 Å². The van der Waals surface area contributed by atoms with Gasteiger partial charge in [0, 0.05) is 14.1 Å². The third kappa shape index (κ3) is 4.12. The SMILES string of the molecule is CCC(C)c1ccccc1OC(C)c1nc(N)nc(C)c1C(=O)N(C)C. The summed E-state index contributed by atoms with van der Waals surface area (Å²) in [6.45, 7) is 7.95. The lowest BCUT2D eigenvalue weighted by Gasteiger charge is -2.22. The van der Waals surface area contributed by atoms with Gasteiger partial charge in [0.25, 0.3) is 5.91 Å². The van der Waals surface area contributed by atoms with Crippen molar-refractivity contribution in [2.45, 2.75) is 46.1 Å². The second-order valence-corrected chi connectivity index (χ2v) is 6.73. The minimum atomic E-state index is -0.442. The summed E-state index contributed by atoms with van der Waals surface area (Å²) in [5, 5.41) is 0. The fourth-order valence-corrected chi connectivity index (χ4v) is 2.86. The van der Waals surface area contributed by atoms with Gasteiger partial charge in [-0.1, -0.05) is 32.0 Å². The van der Waals surface area contributed by atoms with Crippen LogP contribution in [0, 0.1) is 6.92 Å². The Hall–Kier alpha value is -2.63. The number of anilines is 1. The first-order valence-corrected chi connectivity index (χ1v) is 8.87. The van der Waals surface area contributed by atoms with Crippen molar-refractivity contribution < 1.29 is 9.53 Å². The van der Waals surface area contributed by atoms with Crippen molar-refractivity contribution in [1.29, 1.82) is 0 Å². The maximum atomic E-state index is 12.6. The van der Waals surface area contributed by atoms with Crippen LogP contribution in [0.25, 0.3) is 0 Å². The number of hydrogen-bond acceptors (Lipinski definition) is 5. The minimum Gasteiger partial charge on any atom is -0.484 e. The van der Waals surface area contributed by atoms with E-state index in [-0.39, 0.29) is 11.9 Å². The van der Waals surface area contributed by atoms with E-state index < -0.39 is 6.10 Å². The van der Waals surface area contributed by atoms with E-state index in [1.165, 1.54) is 4.90 Å². The summed E-state index contributed by atoms with van der Waals surface area (Å²) >= 11 is 0. The van der Waals surface area contributed by atoms with E-state index in [2.05, 4.69) is 29.9 Å². The predicted octanol–water partition coefficient (Wildman–Crippen LogP) is 3.72. The third-order valence-electron chi connectivity index (χ3n) is 4.51. The number of hydrogen-bond donors (Lipinski definition) is 1. The van der Waals surface area contributed by atoms with Gasteiger partial charge in [-0.3, -0.25) is 4.79 Å². The van der Waals surface area contributed by atoms with E-state index in [4.69, 9.17) is 10.5 Å². The molecule has 140 valence electrons. The topological polar surface area (TPSA) is 81.3 Å². The quantitative estimate of drug-likeness (QED) is 0.853. The average Bonchev–Trinajstić information content (AvgIpc) is 2.60. The van der Waals surface area contributed by atoms with Gasteiger partial charge in [0.05, 0.1) is 17.0 Å². The highest BCUT2D eigenvalue weighted by Gasteiger charge is 2.25. The van der Waals surface area contributed by atoms with Gasteiger partial charge in [-0.15, -0.1) is 0 Å². The fourth-order valence-electron chi connectivity index (χ4n) is 2.86. The number of aryl methyl sites for hydroxylation is 1. The summed E-state index contributed by atoms with van der Waals surface area (Å²) in [6, 6.07) is 7.97. The Kier molecular flexibility index (Phi) is 6.18. The number of nitrogen functional groups attached to an aromatic ring is 1. The Balaban J connectivity index is 2.45. The molecular weight excluding hydrogens is 328 g/mol. The Morgan fingerprint density at radius 3 is 2.50 bits per heavy atom. The molecule has 2 aromatic rings. The number of nitrogens with zero attached hydrogens (tertiary/aromatic N) is 3. The molecule has 0 spiro atoms. The first-order valence-electron chi connectivity index (χ1n) is 8.87. The summed E-state index contributed by atoms with van der Waals surface area (Å²) < 4.78 is 6.22. The van der Waals surface area contributed by atoms with Crippen LogP contribution in [0.3, 0.4) is 0 Å². The monoisotopic (exact) mass is 356 g/mol. The first-order chi connectivity index (χ1) is 12.3. The van der Waals surface area contributed by atoms with Gasteiger partial charge < -0.3 is 15.4 Å². The summed E-state index contributed by atoms with van der Waals surface area (Å²) in [4.78, 5) is 22.6. The molecule has 1 amide bonds. The van der Waals surface area contributed by atoms with Gasteiger partial charge in [-0.2, -0.15) is 0 Å². The van der Waals surface area contributed by atoms with E-state index in [9.17, 15) is 4.79 Å². The molecule has 2 unspecified atom stereocenters. The van der Waals surface area contributed by atoms with E-state index >= 15 is 0 Å². The smallest absolute Gasteiger partial charge is 0.257 e. The Bertz CT molecular complexity index is 789. The molecule has 0 fully saturated rings. The van der Waals surface area contributed by atoms with Crippen LogP contribution in [0.5, 0.6) is 5.75 Å². The summed E-state index contributed by atoms with van der Waals surface area (Å²) in [5.41, 5.74) is 8.47. The van der Waals surface area contributed by atoms with Crippen LogP contribution in [-0.4, -0.2) is 34.9 Å². The molecule has 6 heteroatoms. The number of para-hydroxylation sites is 1. The van der Waals surface area contributed by atoms with Gasteiger partial charge in [-0.05, 0) is 37.8 Å². The molecule has 2 atom stereocenters. The highest BCUT2D eigenvalue weighted by atomic mass is 16.5. The third-order valence-corrected chi connectivity index (χ3v) is 4.51. The van der Waals surface area contributed by atoms with E-state index in [0.29, 0.717) is 22.9 Å². The maximum Gasteiger partial charge on any atom is 0.257 e. The molecular formula is C20H28N4O2. The first kappa shape index (κ1) is 19.7. The molecule has 0 bridgehead atoms. The zero-order valence-electron chi connectivity index (χ0n) is 16.4. The predicted molar refractivity (Wildman–Crippen MR) is 103 cm³/mol. The molecule has 1 aromatic carbocycles. The molecule has 0 aliphatic carbocycles. The number of ether oxygens (including phenoxy) is 1. The van der Waals surface area contributed by atoms with Gasteiger partial charge in [0.1, 0.15) is 11.9 Å². The molecule has 0 radical (unpaired) electrons. The molecule has 0 saturated heterocycles. The van der Waals surface area contributed by atoms with E-state index in [1.807, 2.05) is 25.1 Å². The van der Waals surface area contributed by atoms with Crippen molar-refractivity contribution in [1.82, 2.24) is 14.9 Å². The lowest BCUT2D eigenvalue weighted by molar-refractivity contribution is 0.0820. The number of amides is 1. The van der Waals surface area contributed by atoms with Gasteiger partial charge in [0.2, 0.25) is 5.95 Å². The molecule has 6 nitrogen and oxygen atoms in total.